The molecule has 1 N–H and O–H groups in total. The molecule has 26 heavy (non-hydrogen) atoms. The normalized spacial score (nSPS) is 10.5. The van der Waals surface area contributed by atoms with Gasteiger partial charge in [0.2, 0.25) is 0 Å². The van der Waals surface area contributed by atoms with Crippen LogP contribution in [0.5, 0.6) is 0 Å². The van der Waals surface area contributed by atoms with E-state index in [1.807, 2.05) is 42.5 Å². The highest BCUT2D eigenvalue weighted by molar-refractivity contribution is 5.56. The summed E-state index contributed by atoms with van der Waals surface area (Å²) >= 11 is 0. The number of hydrogen-bond acceptors (Lipinski definition) is 4. The summed E-state index contributed by atoms with van der Waals surface area (Å²) in [7, 11) is 0. The molecule has 5 nitrogen and oxygen atoms in total. The van der Waals surface area contributed by atoms with Crippen LogP contribution in [0.4, 0.5) is 0 Å². The zero-order valence-corrected chi connectivity index (χ0v) is 14.5. The molecule has 0 saturated carbocycles. The molecule has 5 heteroatoms. The van der Waals surface area contributed by atoms with E-state index in [-0.39, 0.29) is 18.6 Å². The van der Waals surface area contributed by atoms with E-state index in [4.69, 9.17) is 5.26 Å². The Morgan fingerprint density at radius 2 is 1.81 bits per heavy atom. The number of aliphatic hydroxyl groups is 1. The average molecular weight is 345 g/mol. The summed E-state index contributed by atoms with van der Waals surface area (Å²) in [5.41, 5.74) is 3.36. The van der Waals surface area contributed by atoms with Gasteiger partial charge in [-0.3, -0.25) is 9.36 Å². The van der Waals surface area contributed by atoms with Crippen molar-refractivity contribution in [2.75, 3.05) is 6.61 Å². The summed E-state index contributed by atoms with van der Waals surface area (Å²) in [4.78, 5) is 17.7. The van der Waals surface area contributed by atoms with E-state index in [0.29, 0.717) is 29.2 Å². The minimum atomic E-state index is -0.144. The van der Waals surface area contributed by atoms with Gasteiger partial charge in [0.1, 0.15) is 5.82 Å². The number of aliphatic hydroxyl groups excluding tert-OH is 1. The number of nitriles is 1. The van der Waals surface area contributed by atoms with Gasteiger partial charge in [-0.05, 0) is 24.6 Å². The van der Waals surface area contributed by atoms with Gasteiger partial charge in [0.15, 0.2) is 0 Å². The smallest absolute Gasteiger partial charge is 0.257 e. The maximum absolute atomic E-state index is 13.1. The summed E-state index contributed by atoms with van der Waals surface area (Å²) in [5.74, 6) is 0.596. The Hall–Kier alpha value is -3.23. The van der Waals surface area contributed by atoms with Crippen molar-refractivity contribution < 1.29 is 5.11 Å². The first kappa shape index (κ1) is 17.6. The summed E-state index contributed by atoms with van der Waals surface area (Å²) in [6, 6.07) is 18.8. The summed E-state index contributed by atoms with van der Waals surface area (Å²) < 4.78 is 1.63. The Labute approximate surface area is 151 Å². The van der Waals surface area contributed by atoms with E-state index >= 15 is 0 Å². The maximum Gasteiger partial charge on any atom is 0.257 e. The zero-order valence-electron chi connectivity index (χ0n) is 14.5. The summed E-state index contributed by atoms with van der Waals surface area (Å²) in [6.45, 7) is 2.05. The molecular weight excluding hydrogens is 326 g/mol. The zero-order chi connectivity index (χ0) is 18.5. The first-order chi connectivity index (χ1) is 12.6. The standard InChI is InChI=1S/C21H19N3O2/c1-15-19(11-12-25)21(26)24(14-17-9-7-16(13-22)8-10-17)20(23-15)18-5-3-2-4-6-18/h2-10,25H,11-12,14H2,1H3. The van der Waals surface area contributed by atoms with Crippen LogP contribution in [0.2, 0.25) is 0 Å². The number of hydrogen-bond donors (Lipinski definition) is 1. The fraction of sp³-hybridized carbons (Fsp3) is 0.190. The largest absolute Gasteiger partial charge is 0.396 e. The van der Waals surface area contributed by atoms with Crippen molar-refractivity contribution in [1.82, 2.24) is 9.55 Å². The third-order valence-corrected chi connectivity index (χ3v) is 4.29. The molecule has 3 aromatic rings. The van der Waals surface area contributed by atoms with E-state index in [1.165, 1.54) is 0 Å². The maximum atomic E-state index is 13.1. The molecule has 130 valence electrons. The quantitative estimate of drug-likeness (QED) is 0.771. The Morgan fingerprint density at radius 3 is 2.42 bits per heavy atom. The molecule has 0 aliphatic heterocycles. The fourth-order valence-electron chi connectivity index (χ4n) is 2.92. The molecule has 0 fully saturated rings. The SMILES string of the molecule is Cc1nc(-c2ccccc2)n(Cc2ccc(C#N)cc2)c(=O)c1CCO. The summed E-state index contributed by atoms with van der Waals surface area (Å²) in [5, 5.41) is 18.2. The number of aromatic nitrogens is 2. The van der Waals surface area contributed by atoms with Gasteiger partial charge in [0.25, 0.3) is 5.56 Å². The first-order valence-electron chi connectivity index (χ1n) is 8.39. The van der Waals surface area contributed by atoms with Crippen LogP contribution in [0, 0.1) is 18.3 Å². The van der Waals surface area contributed by atoms with Gasteiger partial charge < -0.3 is 5.11 Å². The van der Waals surface area contributed by atoms with Crippen molar-refractivity contribution >= 4 is 0 Å². The predicted molar refractivity (Wildman–Crippen MR) is 99.7 cm³/mol. The van der Waals surface area contributed by atoms with E-state index in [9.17, 15) is 9.90 Å². The minimum Gasteiger partial charge on any atom is -0.396 e. The highest BCUT2D eigenvalue weighted by Gasteiger charge is 2.15. The molecule has 0 bridgehead atoms. The van der Waals surface area contributed by atoms with Crippen molar-refractivity contribution in [3.8, 4) is 17.5 Å². The van der Waals surface area contributed by atoms with Gasteiger partial charge in [-0.25, -0.2) is 4.98 Å². The summed E-state index contributed by atoms with van der Waals surface area (Å²) in [6.07, 6.45) is 0.278. The Bertz CT molecular complexity index is 1000. The average Bonchev–Trinajstić information content (AvgIpc) is 2.68. The lowest BCUT2D eigenvalue weighted by Crippen LogP contribution is -2.29. The van der Waals surface area contributed by atoms with Gasteiger partial charge in [0, 0.05) is 29.8 Å². The van der Waals surface area contributed by atoms with Gasteiger partial charge >= 0.3 is 0 Å². The molecule has 0 unspecified atom stereocenters. The second kappa shape index (κ2) is 7.77. The lowest BCUT2D eigenvalue weighted by Gasteiger charge is -2.16. The van der Waals surface area contributed by atoms with E-state index in [0.717, 1.165) is 11.1 Å². The lowest BCUT2D eigenvalue weighted by molar-refractivity contribution is 0.298. The van der Waals surface area contributed by atoms with Gasteiger partial charge in [-0.1, -0.05) is 42.5 Å². The Morgan fingerprint density at radius 1 is 1.12 bits per heavy atom. The Balaban J connectivity index is 2.15. The van der Waals surface area contributed by atoms with Crippen molar-refractivity contribution in [2.24, 2.45) is 0 Å². The van der Waals surface area contributed by atoms with Crippen LogP contribution in [0.3, 0.4) is 0 Å². The number of rotatable bonds is 5. The van der Waals surface area contributed by atoms with E-state index in [2.05, 4.69) is 11.1 Å². The Kier molecular flexibility index (Phi) is 5.26. The third-order valence-electron chi connectivity index (χ3n) is 4.29. The fourth-order valence-corrected chi connectivity index (χ4v) is 2.92. The molecule has 1 heterocycles. The van der Waals surface area contributed by atoms with Gasteiger partial charge in [-0.15, -0.1) is 0 Å². The molecule has 0 atom stereocenters. The van der Waals surface area contributed by atoms with Crippen LogP contribution in [-0.2, 0) is 13.0 Å². The van der Waals surface area contributed by atoms with E-state index in [1.54, 1.807) is 23.6 Å². The van der Waals surface area contributed by atoms with Crippen LogP contribution in [-0.4, -0.2) is 21.3 Å². The monoisotopic (exact) mass is 345 g/mol. The van der Waals surface area contributed by atoms with Crippen molar-refractivity contribution in [3.05, 3.63) is 87.3 Å². The molecule has 2 aromatic carbocycles. The van der Waals surface area contributed by atoms with Crippen molar-refractivity contribution in [2.45, 2.75) is 19.9 Å². The third kappa shape index (κ3) is 3.56. The molecule has 3 rings (SSSR count). The molecule has 0 spiro atoms. The molecule has 0 saturated heterocycles. The second-order valence-electron chi connectivity index (χ2n) is 6.04. The van der Waals surface area contributed by atoms with Crippen LogP contribution >= 0.6 is 0 Å². The lowest BCUT2D eigenvalue weighted by atomic mass is 10.1. The first-order valence-corrected chi connectivity index (χ1v) is 8.39. The van der Waals surface area contributed by atoms with Crippen LogP contribution < -0.4 is 5.56 Å². The van der Waals surface area contributed by atoms with Crippen molar-refractivity contribution in [1.29, 1.82) is 5.26 Å². The number of benzene rings is 2. The highest BCUT2D eigenvalue weighted by Crippen LogP contribution is 2.18. The molecule has 0 radical (unpaired) electrons. The van der Waals surface area contributed by atoms with Crippen LogP contribution in [0.25, 0.3) is 11.4 Å². The van der Waals surface area contributed by atoms with Gasteiger partial charge in [0.05, 0.1) is 18.2 Å². The van der Waals surface area contributed by atoms with Gasteiger partial charge in [-0.2, -0.15) is 5.26 Å². The van der Waals surface area contributed by atoms with Crippen LogP contribution in [0.15, 0.2) is 59.4 Å². The molecule has 0 aliphatic carbocycles. The molecular formula is C21H19N3O2. The molecule has 0 amide bonds. The second-order valence-corrected chi connectivity index (χ2v) is 6.04. The predicted octanol–water partition coefficient (Wildman–Crippen LogP) is 2.67. The van der Waals surface area contributed by atoms with Crippen LogP contribution in [0.1, 0.15) is 22.4 Å². The van der Waals surface area contributed by atoms with Crippen molar-refractivity contribution in [3.63, 3.8) is 0 Å². The number of nitrogens with zero attached hydrogens (tertiary/aromatic N) is 3. The molecule has 1 aromatic heterocycles. The minimum absolute atomic E-state index is 0.0979. The topological polar surface area (TPSA) is 78.9 Å². The highest BCUT2D eigenvalue weighted by atomic mass is 16.3. The molecule has 0 aliphatic rings. The number of aryl methyl sites for hydroxylation is 1. The van der Waals surface area contributed by atoms with E-state index < -0.39 is 0 Å².